The first kappa shape index (κ1) is 28.5. The summed E-state index contributed by atoms with van der Waals surface area (Å²) in [5.74, 6) is 1.92. The lowest BCUT2D eigenvalue weighted by atomic mass is 9.93. The minimum atomic E-state index is 0.629. The van der Waals surface area contributed by atoms with E-state index in [1.54, 1.807) is 0 Å². The zero-order valence-electron chi connectivity index (χ0n) is 26.5. The largest absolute Gasteiger partial charge is 0.232 e. The number of benzene rings is 7. The van der Waals surface area contributed by atoms with Crippen LogP contribution in [0.5, 0.6) is 0 Å². The van der Waals surface area contributed by atoms with Crippen LogP contribution in [0.25, 0.3) is 83.9 Å². The molecule has 0 saturated carbocycles. The zero-order valence-corrected chi connectivity index (χ0v) is 26.5. The second-order valence-electron chi connectivity index (χ2n) is 11.9. The third-order valence-corrected chi connectivity index (χ3v) is 8.87. The van der Waals surface area contributed by atoms with E-state index in [2.05, 4.69) is 108 Å². The molecule has 0 atom stereocenters. The number of hydrogen-bond donors (Lipinski definition) is 0. The van der Waals surface area contributed by atoms with Crippen molar-refractivity contribution in [3.05, 3.63) is 176 Å². The molecule has 0 aliphatic carbocycles. The van der Waals surface area contributed by atoms with Crippen LogP contribution in [0.4, 0.5) is 0 Å². The maximum atomic E-state index is 5.30. The minimum absolute atomic E-state index is 0.629. The summed E-state index contributed by atoms with van der Waals surface area (Å²) in [7, 11) is 0. The Balaban J connectivity index is 1.24. The van der Waals surface area contributed by atoms with Crippen LogP contribution in [0.2, 0.25) is 0 Å². The quantitative estimate of drug-likeness (QED) is 0.184. The molecule has 9 rings (SSSR count). The molecule has 0 amide bonds. The van der Waals surface area contributed by atoms with E-state index in [9.17, 15) is 0 Å². The van der Waals surface area contributed by atoms with Crippen molar-refractivity contribution in [2.45, 2.75) is 0 Å². The normalized spacial score (nSPS) is 11.3. The average Bonchev–Trinajstić information content (AvgIpc) is 3.60. The third kappa shape index (κ3) is 5.24. The van der Waals surface area contributed by atoms with Gasteiger partial charge in [-0.15, -0.1) is 0 Å². The van der Waals surface area contributed by atoms with E-state index in [0.29, 0.717) is 17.5 Å². The lowest BCUT2D eigenvalue weighted by molar-refractivity contribution is 0.918. The first-order chi connectivity index (χ1) is 24.3. The van der Waals surface area contributed by atoms with E-state index >= 15 is 0 Å². The molecule has 0 aliphatic rings. The number of fused-ring (bicyclic) bond motifs is 3. The molecule has 2 aromatic heterocycles. The molecule has 2 heterocycles. The van der Waals surface area contributed by atoms with Crippen molar-refractivity contribution in [2.24, 2.45) is 0 Å². The van der Waals surface area contributed by atoms with Gasteiger partial charge in [-0.05, 0) is 34.7 Å². The van der Waals surface area contributed by atoms with E-state index in [4.69, 9.17) is 20.1 Å². The minimum Gasteiger partial charge on any atom is -0.232 e. The fraction of sp³-hybridized carbons (Fsp3) is 0. The average molecular weight is 628 g/mol. The molecule has 0 fully saturated rings. The highest BCUT2D eigenvalue weighted by Gasteiger charge is 2.21. The first-order valence-electron chi connectivity index (χ1n) is 16.3. The number of aromatic nitrogens is 5. The molecule has 230 valence electrons. The van der Waals surface area contributed by atoms with Gasteiger partial charge in [-0.1, -0.05) is 158 Å². The molecule has 5 heteroatoms. The monoisotopic (exact) mass is 627 g/mol. The Morgan fingerprint density at radius 2 is 0.837 bits per heavy atom. The maximum absolute atomic E-state index is 5.30. The van der Waals surface area contributed by atoms with E-state index in [0.717, 1.165) is 66.4 Å². The van der Waals surface area contributed by atoms with Gasteiger partial charge in [0, 0.05) is 33.0 Å². The van der Waals surface area contributed by atoms with Crippen LogP contribution in [0.3, 0.4) is 0 Å². The fourth-order valence-corrected chi connectivity index (χ4v) is 6.51. The summed E-state index contributed by atoms with van der Waals surface area (Å²) in [4.78, 5) is 14.8. The van der Waals surface area contributed by atoms with Gasteiger partial charge in [0.05, 0.1) is 11.2 Å². The van der Waals surface area contributed by atoms with Gasteiger partial charge in [-0.3, -0.25) is 0 Å². The number of rotatable bonds is 6. The first-order valence-corrected chi connectivity index (χ1v) is 16.3. The third-order valence-electron chi connectivity index (χ3n) is 8.87. The van der Waals surface area contributed by atoms with Crippen LogP contribution in [-0.4, -0.2) is 24.7 Å². The highest BCUT2D eigenvalue weighted by atomic mass is 15.3. The van der Waals surface area contributed by atoms with Crippen molar-refractivity contribution >= 4 is 21.7 Å². The van der Waals surface area contributed by atoms with Gasteiger partial charge in [0.1, 0.15) is 5.69 Å². The van der Waals surface area contributed by atoms with Crippen LogP contribution in [0.15, 0.2) is 176 Å². The maximum Gasteiger partial charge on any atom is 0.164 e. The topological polar surface area (TPSA) is 56.5 Å². The summed E-state index contributed by atoms with van der Waals surface area (Å²) in [6, 6.07) is 60.4. The predicted molar refractivity (Wildman–Crippen MR) is 199 cm³/mol. The van der Waals surface area contributed by atoms with E-state index in [1.165, 1.54) is 0 Å². The van der Waals surface area contributed by atoms with Crippen molar-refractivity contribution in [2.75, 3.05) is 0 Å². The van der Waals surface area contributed by atoms with Crippen LogP contribution in [-0.2, 0) is 0 Å². The number of para-hydroxylation sites is 1. The molecule has 5 nitrogen and oxygen atoms in total. The van der Waals surface area contributed by atoms with E-state index < -0.39 is 0 Å². The van der Waals surface area contributed by atoms with Crippen LogP contribution in [0, 0.1) is 0 Å². The highest BCUT2D eigenvalue weighted by Crippen LogP contribution is 2.42. The van der Waals surface area contributed by atoms with E-state index in [1.807, 2.05) is 72.8 Å². The van der Waals surface area contributed by atoms with Gasteiger partial charge in [-0.25, -0.2) is 19.6 Å². The molecule has 0 saturated heterocycles. The Kier molecular flexibility index (Phi) is 7.06. The number of hydrogen-bond acceptors (Lipinski definition) is 4. The molecule has 0 spiro atoms. The smallest absolute Gasteiger partial charge is 0.164 e. The van der Waals surface area contributed by atoms with Crippen molar-refractivity contribution in [1.29, 1.82) is 0 Å². The fourth-order valence-electron chi connectivity index (χ4n) is 6.51. The lowest BCUT2D eigenvalue weighted by Crippen LogP contribution is -2.00. The molecule has 9 aromatic rings. The SMILES string of the molecule is c1ccc(-c2nc(-c3ccccc3)nc(-c3ccc(-c4cc5ccccc5c5c4c(-c4ccccc4)nn5-c4ccccc4)cc3)n2)cc1. The van der Waals surface area contributed by atoms with Crippen LogP contribution < -0.4 is 0 Å². The van der Waals surface area contributed by atoms with Crippen LogP contribution >= 0.6 is 0 Å². The molecule has 0 bridgehead atoms. The van der Waals surface area contributed by atoms with Gasteiger partial charge in [-0.2, -0.15) is 5.10 Å². The molecule has 0 radical (unpaired) electrons. The summed E-state index contributed by atoms with van der Waals surface area (Å²) >= 11 is 0. The Hall–Kier alpha value is -6.72. The van der Waals surface area contributed by atoms with Crippen molar-refractivity contribution in [3.63, 3.8) is 0 Å². The molecule has 7 aromatic carbocycles. The van der Waals surface area contributed by atoms with Crippen molar-refractivity contribution in [1.82, 2.24) is 24.7 Å². The summed E-state index contributed by atoms with van der Waals surface area (Å²) in [5, 5.41) is 8.72. The van der Waals surface area contributed by atoms with Crippen molar-refractivity contribution in [3.8, 4) is 62.2 Å². The summed E-state index contributed by atoms with van der Waals surface area (Å²) < 4.78 is 2.10. The van der Waals surface area contributed by atoms with Gasteiger partial charge in [0.2, 0.25) is 0 Å². The molecular formula is C44H29N5. The van der Waals surface area contributed by atoms with Gasteiger partial charge < -0.3 is 0 Å². The second kappa shape index (κ2) is 12.1. The van der Waals surface area contributed by atoms with Crippen molar-refractivity contribution < 1.29 is 0 Å². The molecular weight excluding hydrogens is 599 g/mol. The Morgan fingerprint density at radius 1 is 0.388 bits per heavy atom. The molecule has 49 heavy (non-hydrogen) atoms. The second-order valence-corrected chi connectivity index (χ2v) is 11.9. The molecule has 0 N–H and O–H groups in total. The Bertz CT molecular complexity index is 2500. The standard InChI is InChI=1S/C44H29N5/c1-5-15-31(16-6-1)40-39-38(29-35-21-13-14-24-37(35)41(39)49(48-40)36-22-11-4-12-23-36)30-25-27-34(28-26-30)44-46-42(32-17-7-2-8-18-32)45-43(47-44)33-19-9-3-10-20-33/h1-29H. The Labute approximate surface area is 283 Å². The van der Waals surface area contributed by atoms with Gasteiger partial charge in [0.15, 0.2) is 17.5 Å². The summed E-state index contributed by atoms with van der Waals surface area (Å²) in [5.41, 5.74) is 9.14. The molecule has 0 unspecified atom stereocenters. The van der Waals surface area contributed by atoms with Gasteiger partial charge >= 0.3 is 0 Å². The van der Waals surface area contributed by atoms with Gasteiger partial charge in [0.25, 0.3) is 0 Å². The number of nitrogens with zero attached hydrogens (tertiary/aromatic N) is 5. The molecule has 0 aliphatic heterocycles. The summed E-state index contributed by atoms with van der Waals surface area (Å²) in [6.07, 6.45) is 0. The predicted octanol–water partition coefficient (Wildman–Crippen LogP) is 10.7. The zero-order chi connectivity index (χ0) is 32.6. The lowest BCUT2D eigenvalue weighted by Gasteiger charge is -2.12. The van der Waals surface area contributed by atoms with E-state index in [-0.39, 0.29) is 0 Å². The summed E-state index contributed by atoms with van der Waals surface area (Å²) in [6.45, 7) is 0. The highest BCUT2D eigenvalue weighted by molar-refractivity contribution is 6.17. The van der Waals surface area contributed by atoms with Crippen LogP contribution in [0.1, 0.15) is 0 Å². The Morgan fingerprint density at radius 3 is 1.41 bits per heavy atom.